The first-order valence-corrected chi connectivity index (χ1v) is 10.4. The van der Waals surface area contributed by atoms with Crippen LogP contribution in [-0.4, -0.2) is 78.0 Å². The average molecular weight is 531 g/mol. The average Bonchev–Trinajstić information content (AvgIpc) is 3.37. The third kappa shape index (κ3) is 7.88. The Morgan fingerprint density at radius 3 is 3.00 bits per heavy atom. The molecule has 1 aliphatic rings. The highest BCUT2D eigenvalue weighted by Crippen LogP contribution is 2.14. The summed E-state index contributed by atoms with van der Waals surface area (Å²) >= 11 is 0. The third-order valence-corrected chi connectivity index (χ3v) is 4.57. The molecule has 30 heavy (non-hydrogen) atoms. The lowest BCUT2D eigenvalue weighted by molar-refractivity contribution is -0.0261. The number of furan rings is 1. The van der Waals surface area contributed by atoms with Gasteiger partial charge < -0.3 is 19.8 Å². The second kappa shape index (κ2) is 12.9. The molecule has 0 aromatic carbocycles. The normalized spacial score (nSPS) is 17.7. The van der Waals surface area contributed by atoms with Crippen LogP contribution in [0.4, 0.5) is 0 Å². The Morgan fingerprint density at radius 1 is 1.40 bits per heavy atom. The molecule has 0 aliphatic carbocycles. The molecule has 1 atom stereocenters. The van der Waals surface area contributed by atoms with Crippen molar-refractivity contribution in [2.45, 2.75) is 33.3 Å². The lowest BCUT2D eigenvalue weighted by atomic mass is 10.2. The van der Waals surface area contributed by atoms with Crippen molar-refractivity contribution < 1.29 is 9.15 Å². The van der Waals surface area contributed by atoms with Gasteiger partial charge in [-0.05, 0) is 25.0 Å². The van der Waals surface area contributed by atoms with Crippen LogP contribution in [0.5, 0.6) is 0 Å². The SMILES string of the molecule is CCNC(=NCC1CN(CC(C)C)CCO1)NCCc1nc(-c2ccco2)n[nH]1.I. The van der Waals surface area contributed by atoms with Crippen LogP contribution in [-0.2, 0) is 11.2 Å². The van der Waals surface area contributed by atoms with Crippen LogP contribution in [0.2, 0.25) is 0 Å². The van der Waals surface area contributed by atoms with Crippen LogP contribution in [0.15, 0.2) is 27.8 Å². The minimum absolute atomic E-state index is 0. The number of nitrogens with zero attached hydrogens (tertiary/aromatic N) is 4. The molecule has 2 aromatic heterocycles. The first-order chi connectivity index (χ1) is 14.1. The van der Waals surface area contributed by atoms with Gasteiger partial charge in [-0.1, -0.05) is 13.8 Å². The largest absolute Gasteiger partial charge is 0.461 e. The zero-order valence-electron chi connectivity index (χ0n) is 18.1. The van der Waals surface area contributed by atoms with Crippen molar-refractivity contribution in [1.29, 1.82) is 0 Å². The number of ether oxygens (including phenoxy) is 1. The molecule has 0 saturated carbocycles. The van der Waals surface area contributed by atoms with Gasteiger partial charge in [0.25, 0.3) is 0 Å². The predicted octanol–water partition coefficient (Wildman–Crippen LogP) is 2.14. The van der Waals surface area contributed by atoms with Gasteiger partial charge in [-0.25, -0.2) is 4.98 Å². The van der Waals surface area contributed by atoms with E-state index in [4.69, 9.17) is 14.1 Å². The van der Waals surface area contributed by atoms with Crippen LogP contribution < -0.4 is 10.6 Å². The van der Waals surface area contributed by atoms with E-state index in [0.29, 0.717) is 37.0 Å². The molecule has 168 valence electrons. The molecule has 1 saturated heterocycles. The van der Waals surface area contributed by atoms with Crippen LogP contribution in [0.1, 0.15) is 26.6 Å². The van der Waals surface area contributed by atoms with E-state index in [2.05, 4.69) is 51.5 Å². The number of H-pyrrole nitrogens is 1. The molecular formula is C20H34IN7O2. The summed E-state index contributed by atoms with van der Waals surface area (Å²) in [7, 11) is 0. The predicted molar refractivity (Wildman–Crippen MR) is 128 cm³/mol. The maximum absolute atomic E-state index is 5.89. The fraction of sp³-hybridized carbons (Fsp3) is 0.650. The number of nitrogens with one attached hydrogen (secondary N) is 3. The number of aromatic amines is 1. The van der Waals surface area contributed by atoms with Gasteiger partial charge in [-0.15, -0.1) is 24.0 Å². The monoisotopic (exact) mass is 531 g/mol. The van der Waals surface area contributed by atoms with Crippen LogP contribution in [0, 0.1) is 5.92 Å². The molecule has 3 heterocycles. The summed E-state index contributed by atoms with van der Waals surface area (Å²) in [6.07, 6.45) is 2.47. The minimum atomic E-state index is 0. The second-order valence-electron chi connectivity index (χ2n) is 7.63. The fourth-order valence-corrected chi connectivity index (χ4v) is 3.33. The van der Waals surface area contributed by atoms with E-state index >= 15 is 0 Å². The van der Waals surface area contributed by atoms with E-state index in [0.717, 1.165) is 44.6 Å². The second-order valence-corrected chi connectivity index (χ2v) is 7.63. The number of guanidine groups is 1. The maximum atomic E-state index is 5.89. The van der Waals surface area contributed by atoms with E-state index in [1.165, 1.54) is 0 Å². The molecule has 10 heteroatoms. The number of rotatable bonds is 9. The Balaban J connectivity index is 0.00000320. The Kier molecular flexibility index (Phi) is 10.6. The van der Waals surface area contributed by atoms with E-state index in [1.54, 1.807) is 6.26 Å². The Bertz CT molecular complexity index is 748. The molecular weight excluding hydrogens is 497 g/mol. The lowest BCUT2D eigenvalue weighted by Crippen LogP contribution is -2.46. The Hall–Kier alpha value is -1.66. The van der Waals surface area contributed by atoms with Crippen molar-refractivity contribution in [3.05, 3.63) is 24.2 Å². The molecule has 3 rings (SSSR count). The molecule has 0 radical (unpaired) electrons. The standard InChI is InChI=1S/C20H33N7O2.HI/c1-4-21-20(23-12-16-14-27(9-11-28-16)13-15(2)3)22-8-7-18-24-19(26-25-18)17-6-5-10-29-17;/h5-6,10,15-16H,4,7-9,11-14H2,1-3H3,(H2,21,22,23)(H,24,25,26);1H. The van der Waals surface area contributed by atoms with E-state index in [1.807, 2.05) is 12.1 Å². The van der Waals surface area contributed by atoms with Crippen molar-refractivity contribution in [3.8, 4) is 11.6 Å². The maximum Gasteiger partial charge on any atom is 0.216 e. The van der Waals surface area contributed by atoms with Crippen LogP contribution in [0.3, 0.4) is 0 Å². The zero-order valence-corrected chi connectivity index (χ0v) is 20.4. The Labute approximate surface area is 195 Å². The summed E-state index contributed by atoms with van der Waals surface area (Å²) < 4.78 is 11.2. The van der Waals surface area contributed by atoms with Gasteiger partial charge in [0.1, 0.15) is 5.82 Å². The Morgan fingerprint density at radius 2 is 2.27 bits per heavy atom. The number of morpholine rings is 1. The van der Waals surface area contributed by atoms with Crippen LogP contribution >= 0.6 is 24.0 Å². The van der Waals surface area contributed by atoms with Gasteiger partial charge in [-0.3, -0.25) is 15.0 Å². The quantitative estimate of drug-likeness (QED) is 0.259. The lowest BCUT2D eigenvalue weighted by Gasteiger charge is -2.33. The minimum Gasteiger partial charge on any atom is -0.461 e. The molecule has 0 bridgehead atoms. The fourth-order valence-electron chi connectivity index (χ4n) is 3.33. The molecule has 1 aliphatic heterocycles. The van der Waals surface area contributed by atoms with Gasteiger partial charge in [0, 0.05) is 39.1 Å². The van der Waals surface area contributed by atoms with Gasteiger partial charge >= 0.3 is 0 Å². The number of aromatic nitrogens is 3. The molecule has 0 amide bonds. The summed E-state index contributed by atoms with van der Waals surface area (Å²) in [5, 5.41) is 13.8. The first kappa shape index (κ1) is 24.6. The highest BCUT2D eigenvalue weighted by molar-refractivity contribution is 14.0. The van der Waals surface area contributed by atoms with Gasteiger partial charge in [-0.2, -0.15) is 5.10 Å². The topological polar surface area (TPSA) is 104 Å². The first-order valence-electron chi connectivity index (χ1n) is 10.4. The molecule has 0 spiro atoms. The van der Waals surface area contributed by atoms with Crippen molar-refractivity contribution >= 4 is 29.9 Å². The smallest absolute Gasteiger partial charge is 0.216 e. The molecule has 1 unspecified atom stereocenters. The van der Waals surface area contributed by atoms with E-state index in [9.17, 15) is 0 Å². The molecule has 3 N–H and O–H groups in total. The summed E-state index contributed by atoms with van der Waals surface area (Å²) in [6, 6.07) is 3.67. The van der Waals surface area contributed by atoms with Crippen molar-refractivity contribution in [3.63, 3.8) is 0 Å². The third-order valence-electron chi connectivity index (χ3n) is 4.57. The van der Waals surface area contributed by atoms with Crippen LogP contribution in [0.25, 0.3) is 11.6 Å². The van der Waals surface area contributed by atoms with Gasteiger partial charge in [0.15, 0.2) is 11.7 Å². The summed E-state index contributed by atoms with van der Waals surface area (Å²) in [6.45, 7) is 12.6. The van der Waals surface area contributed by atoms with E-state index in [-0.39, 0.29) is 30.1 Å². The van der Waals surface area contributed by atoms with E-state index < -0.39 is 0 Å². The number of hydrogen-bond acceptors (Lipinski definition) is 6. The summed E-state index contributed by atoms with van der Waals surface area (Å²) in [4.78, 5) is 11.6. The zero-order chi connectivity index (χ0) is 20.5. The van der Waals surface area contributed by atoms with Gasteiger partial charge in [0.05, 0.1) is 25.5 Å². The highest BCUT2D eigenvalue weighted by Gasteiger charge is 2.20. The highest BCUT2D eigenvalue weighted by atomic mass is 127. The molecule has 2 aromatic rings. The van der Waals surface area contributed by atoms with Crippen molar-refractivity contribution in [2.24, 2.45) is 10.9 Å². The summed E-state index contributed by atoms with van der Waals surface area (Å²) in [5.74, 6) is 3.50. The number of aliphatic imine (C=N–C) groups is 1. The van der Waals surface area contributed by atoms with Gasteiger partial charge in [0.2, 0.25) is 5.82 Å². The molecule has 9 nitrogen and oxygen atoms in total. The summed E-state index contributed by atoms with van der Waals surface area (Å²) in [5.41, 5.74) is 0. The number of hydrogen-bond donors (Lipinski definition) is 3. The molecule has 1 fully saturated rings. The van der Waals surface area contributed by atoms with Crippen molar-refractivity contribution in [2.75, 3.05) is 45.9 Å². The number of halogens is 1. The van der Waals surface area contributed by atoms with Crippen molar-refractivity contribution in [1.82, 2.24) is 30.7 Å².